The van der Waals surface area contributed by atoms with Crippen LogP contribution in [0.3, 0.4) is 0 Å². The van der Waals surface area contributed by atoms with Crippen molar-refractivity contribution in [1.82, 2.24) is 0 Å². The minimum Gasteiger partial charge on any atom is -0.388 e. The number of hydrogen-bond acceptors (Lipinski definition) is 2. The van der Waals surface area contributed by atoms with E-state index < -0.39 is 6.10 Å². The number of carbonyl (C=O) groups is 1. The maximum Gasteiger partial charge on any atom is 0.227 e. The molecule has 2 rings (SSSR count). The van der Waals surface area contributed by atoms with Crippen molar-refractivity contribution in [3.05, 3.63) is 64.2 Å². The summed E-state index contributed by atoms with van der Waals surface area (Å²) in [5.41, 5.74) is 3.53. The van der Waals surface area contributed by atoms with Crippen LogP contribution in [0.15, 0.2) is 42.5 Å². The Kier molecular flexibility index (Phi) is 4.99. The van der Waals surface area contributed by atoms with Crippen molar-refractivity contribution < 1.29 is 9.90 Å². The summed E-state index contributed by atoms with van der Waals surface area (Å²) < 4.78 is 0. The summed E-state index contributed by atoms with van der Waals surface area (Å²) in [6.07, 6.45) is -0.831. The minimum atomic E-state index is -0.840. The molecule has 0 aliphatic rings. The van der Waals surface area contributed by atoms with Gasteiger partial charge < -0.3 is 10.4 Å². The van der Waals surface area contributed by atoms with E-state index in [4.69, 9.17) is 11.6 Å². The first kappa shape index (κ1) is 15.5. The molecular weight excluding hydrogens is 286 g/mol. The monoisotopic (exact) mass is 303 g/mol. The molecule has 0 saturated heterocycles. The summed E-state index contributed by atoms with van der Waals surface area (Å²) >= 11 is 5.80. The molecule has 0 bridgehead atoms. The summed E-state index contributed by atoms with van der Waals surface area (Å²) in [4.78, 5) is 12.0. The van der Waals surface area contributed by atoms with Crippen LogP contribution in [-0.4, -0.2) is 11.0 Å². The van der Waals surface area contributed by atoms with E-state index in [1.165, 1.54) is 0 Å². The van der Waals surface area contributed by atoms with Gasteiger partial charge in [-0.2, -0.15) is 0 Å². The van der Waals surface area contributed by atoms with Gasteiger partial charge in [0.2, 0.25) is 5.91 Å². The number of nitrogens with one attached hydrogen (secondary N) is 1. The molecular formula is C17H18ClNO2. The third-order valence-electron chi connectivity index (χ3n) is 3.30. The largest absolute Gasteiger partial charge is 0.388 e. The average Bonchev–Trinajstić information content (AvgIpc) is 2.43. The topological polar surface area (TPSA) is 49.3 Å². The molecule has 0 fully saturated rings. The van der Waals surface area contributed by atoms with Crippen molar-refractivity contribution in [3.63, 3.8) is 0 Å². The van der Waals surface area contributed by atoms with Gasteiger partial charge >= 0.3 is 0 Å². The van der Waals surface area contributed by atoms with Crippen LogP contribution in [0, 0.1) is 13.8 Å². The van der Waals surface area contributed by atoms with Crippen LogP contribution >= 0.6 is 11.6 Å². The van der Waals surface area contributed by atoms with Gasteiger partial charge in [0, 0.05) is 10.7 Å². The van der Waals surface area contributed by atoms with Crippen LogP contribution in [0.4, 0.5) is 5.69 Å². The Labute approximate surface area is 129 Å². The number of rotatable bonds is 4. The first-order valence-electron chi connectivity index (χ1n) is 6.76. The highest BCUT2D eigenvalue weighted by molar-refractivity contribution is 6.30. The summed E-state index contributed by atoms with van der Waals surface area (Å²) in [7, 11) is 0. The second-order valence-corrected chi connectivity index (χ2v) is 5.57. The molecule has 21 heavy (non-hydrogen) atoms. The lowest BCUT2D eigenvalue weighted by Gasteiger charge is -2.13. The molecule has 0 saturated carbocycles. The predicted octanol–water partition coefficient (Wildman–Crippen LogP) is 4.02. The first-order valence-corrected chi connectivity index (χ1v) is 7.14. The Morgan fingerprint density at radius 2 is 1.86 bits per heavy atom. The zero-order valence-electron chi connectivity index (χ0n) is 12.1. The van der Waals surface area contributed by atoms with Crippen molar-refractivity contribution in [3.8, 4) is 0 Å². The Balaban J connectivity index is 2.01. The quantitative estimate of drug-likeness (QED) is 0.896. The fourth-order valence-corrected chi connectivity index (χ4v) is 2.18. The molecule has 0 heterocycles. The second kappa shape index (κ2) is 6.74. The Hall–Kier alpha value is -1.84. The number of aliphatic hydroxyl groups is 1. The van der Waals surface area contributed by atoms with Crippen LogP contribution in [0.25, 0.3) is 0 Å². The highest BCUT2D eigenvalue weighted by atomic mass is 35.5. The molecule has 4 heteroatoms. The molecule has 110 valence electrons. The normalized spacial score (nSPS) is 12.0. The van der Waals surface area contributed by atoms with E-state index in [1.54, 1.807) is 24.3 Å². The van der Waals surface area contributed by atoms with Gasteiger partial charge in [-0.15, -0.1) is 0 Å². The minimum absolute atomic E-state index is 0.00894. The van der Waals surface area contributed by atoms with Crippen molar-refractivity contribution in [1.29, 1.82) is 0 Å². The summed E-state index contributed by atoms with van der Waals surface area (Å²) in [5.74, 6) is -0.217. The van der Waals surface area contributed by atoms with E-state index in [1.807, 2.05) is 32.0 Å². The molecule has 1 unspecified atom stereocenters. The Morgan fingerprint density at radius 3 is 2.52 bits per heavy atom. The van der Waals surface area contributed by atoms with Crippen LogP contribution in [0.1, 0.15) is 29.2 Å². The molecule has 0 radical (unpaired) electrons. The van der Waals surface area contributed by atoms with E-state index in [-0.39, 0.29) is 12.3 Å². The lowest BCUT2D eigenvalue weighted by molar-refractivity contribution is -0.118. The van der Waals surface area contributed by atoms with Gasteiger partial charge in [0.05, 0.1) is 12.5 Å². The van der Waals surface area contributed by atoms with Gasteiger partial charge in [-0.05, 0) is 48.7 Å². The molecule has 0 aromatic heterocycles. The van der Waals surface area contributed by atoms with E-state index >= 15 is 0 Å². The van der Waals surface area contributed by atoms with Crippen LogP contribution < -0.4 is 5.32 Å². The van der Waals surface area contributed by atoms with Gasteiger partial charge in [0.25, 0.3) is 0 Å². The molecule has 1 atom stereocenters. The summed E-state index contributed by atoms with van der Waals surface area (Å²) in [6.45, 7) is 3.91. The third-order valence-corrected chi connectivity index (χ3v) is 3.55. The number of amides is 1. The fraction of sp³-hybridized carbons (Fsp3) is 0.235. The smallest absolute Gasteiger partial charge is 0.227 e. The lowest BCUT2D eigenvalue weighted by atomic mass is 10.1. The van der Waals surface area contributed by atoms with Crippen LogP contribution in [-0.2, 0) is 4.79 Å². The van der Waals surface area contributed by atoms with E-state index in [2.05, 4.69) is 5.32 Å². The zero-order chi connectivity index (χ0) is 15.4. The van der Waals surface area contributed by atoms with Crippen molar-refractivity contribution in [2.24, 2.45) is 0 Å². The molecule has 2 aromatic rings. The standard InChI is InChI=1S/C17H18ClNO2/c1-11-3-4-12(2)15(9-11)19-17(21)10-16(20)13-5-7-14(18)8-6-13/h3-9,16,20H,10H2,1-2H3,(H,19,21). The number of carbonyl (C=O) groups excluding carboxylic acids is 1. The molecule has 1 amide bonds. The number of hydrogen-bond donors (Lipinski definition) is 2. The SMILES string of the molecule is Cc1ccc(C)c(NC(=O)CC(O)c2ccc(Cl)cc2)c1. The predicted molar refractivity (Wildman–Crippen MR) is 85.6 cm³/mol. The molecule has 3 nitrogen and oxygen atoms in total. The number of aliphatic hydroxyl groups excluding tert-OH is 1. The zero-order valence-corrected chi connectivity index (χ0v) is 12.8. The van der Waals surface area contributed by atoms with Crippen molar-refractivity contribution in [2.45, 2.75) is 26.4 Å². The molecule has 0 aliphatic carbocycles. The van der Waals surface area contributed by atoms with E-state index in [0.29, 0.717) is 10.6 Å². The highest BCUT2D eigenvalue weighted by Crippen LogP contribution is 2.21. The molecule has 0 spiro atoms. The van der Waals surface area contributed by atoms with Gasteiger partial charge in [0.1, 0.15) is 0 Å². The van der Waals surface area contributed by atoms with Crippen molar-refractivity contribution >= 4 is 23.2 Å². The number of benzene rings is 2. The number of halogens is 1. The maximum atomic E-state index is 12.0. The fourth-order valence-electron chi connectivity index (χ4n) is 2.05. The van der Waals surface area contributed by atoms with E-state index in [0.717, 1.165) is 16.8 Å². The number of anilines is 1. The van der Waals surface area contributed by atoms with Crippen LogP contribution in [0.5, 0.6) is 0 Å². The van der Waals surface area contributed by atoms with Gasteiger partial charge in [-0.25, -0.2) is 0 Å². The molecule has 2 aromatic carbocycles. The lowest BCUT2D eigenvalue weighted by Crippen LogP contribution is -2.16. The first-order chi connectivity index (χ1) is 9.95. The third kappa shape index (κ3) is 4.31. The average molecular weight is 304 g/mol. The van der Waals surface area contributed by atoms with Gasteiger partial charge in [0.15, 0.2) is 0 Å². The highest BCUT2D eigenvalue weighted by Gasteiger charge is 2.14. The van der Waals surface area contributed by atoms with Gasteiger partial charge in [-0.1, -0.05) is 35.9 Å². The Bertz CT molecular complexity index is 638. The maximum absolute atomic E-state index is 12.0. The Morgan fingerprint density at radius 1 is 1.19 bits per heavy atom. The van der Waals surface area contributed by atoms with Crippen molar-refractivity contribution in [2.75, 3.05) is 5.32 Å². The second-order valence-electron chi connectivity index (χ2n) is 5.14. The molecule has 2 N–H and O–H groups in total. The summed E-state index contributed by atoms with van der Waals surface area (Å²) in [6, 6.07) is 12.7. The van der Waals surface area contributed by atoms with Crippen LogP contribution in [0.2, 0.25) is 5.02 Å². The van der Waals surface area contributed by atoms with E-state index in [9.17, 15) is 9.90 Å². The summed E-state index contributed by atoms with van der Waals surface area (Å²) in [5, 5.41) is 13.5. The van der Waals surface area contributed by atoms with Gasteiger partial charge in [-0.3, -0.25) is 4.79 Å². The molecule has 0 aliphatic heterocycles. The number of aryl methyl sites for hydroxylation is 2.